The van der Waals surface area contributed by atoms with Crippen molar-refractivity contribution < 1.29 is 9.47 Å². The first-order chi connectivity index (χ1) is 7.75. The molecule has 1 aromatic rings. The molecular formula is C13H19NO2. The van der Waals surface area contributed by atoms with Crippen LogP contribution in [0.2, 0.25) is 0 Å². The topological polar surface area (TPSA) is 44.5 Å². The van der Waals surface area contributed by atoms with Gasteiger partial charge in [0.05, 0.1) is 11.8 Å². The molecule has 1 fully saturated rings. The molecule has 0 spiro atoms. The van der Waals surface area contributed by atoms with Crippen molar-refractivity contribution in [3.05, 3.63) is 23.8 Å². The van der Waals surface area contributed by atoms with Gasteiger partial charge in [0.1, 0.15) is 12.4 Å². The number of hydrogen-bond donors (Lipinski definition) is 1. The van der Waals surface area contributed by atoms with Crippen molar-refractivity contribution >= 4 is 5.69 Å². The van der Waals surface area contributed by atoms with Crippen LogP contribution in [0, 0.1) is 6.92 Å². The van der Waals surface area contributed by atoms with Crippen LogP contribution in [0.1, 0.15) is 24.8 Å². The fourth-order valence-corrected chi connectivity index (χ4v) is 1.89. The van der Waals surface area contributed by atoms with E-state index in [-0.39, 0.29) is 6.10 Å². The van der Waals surface area contributed by atoms with E-state index in [4.69, 9.17) is 15.2 Å². The fourth-order valence-electron chi connectivity index (χ4n) is 1.89. The zero-order valence-corrected chi connectivity index (χ0v) is 9.74. The zero-order chi connectivity index (χ0) is 11.4. The number of nitrogen functional groups attached to an aromatic ring is 1. The first-order valence-electron chi connectivity index (χ1n) is 5.86. The Bertz CT molecular complexity index is 346. The first kappa shape index (κ1) is 11.3. The second kappa shape index (κ2) is 5.21. The average Bonchev–Trinajstić information content (AvgIpc) is 2.32. The lowest BCUT2D eigenvalue weighted by atomic mass is 10.1. The van der Waals surface area contributed by atoms with E-state index in [9.17, 15) is 0 Å². The molecule has 1 heterocycles. The van der Waals surface area contributed by atoms with Gasteiger partial charge in [0.2, 0.25) is 0 Å². The summed E-state index contributed by atoms with van der Waals surface area (Å²) in [6.07, 6.45) is 3.72. The molecule has 0 unspecified atom stereocenters. The van der Waals surface area contributed by atoms with E-state index in [1.54, 1.807) is 0 Å². The molecule has 16 heavy (non-hydrogen) atoms. The van der Waals surface area contributed by atoms with Crippen molar-refractivity contribution in [1.82, 2.24) is 0 Å². The number of aryl methyl sites for hydroxylation is 1. The maximum absolute atomic E-state index is 5.84. The molecular weight excluding hydrogens is 202 g/mol. The van der Waals surface area contributed by atoms with Gasteiger partial charge in [-0.15, -0.1) is 0 Å². The summed E-state index contributed by atoms with van der Waals surface area (Å²) in [4.78, 5) is 0. The number of ether oxygens (including phenoxy) is 2. The van der Waals surface area contributed by atoms with Gasteiger partial charge in [-0.1, -0.05) is 6.07 Å². The Labute approximate surface area is 96.5 Å². The molecule has 0 saturated carbocycles. The van der Waals surface area contributed by atoms with Crippen LogP contribution in [-0.2, 0) is 4.74 Å². The highest BCUT2D eigenvalue weighted by Gasteiger charge is 2.14. The van der Waals surface area contributed by atoms with Gasteiger partial charge in [-0.2, -0.15) is 0 Å². The first-order valence-corrected chi connectivity index (χ1v) is 5.86. The van der Waals surface area contributed by atoms with Gasteiger partial charge in [-0.3, -0.25) is 0 Å². The third kappa shape index (κ3) is 2.89. The summed E-state index contributed by atoms with van der Waals surface area (Å²) < 4.78 is 11.3. The summed E-state index contributed by atoms with van der Waals surface area (Å²) in [6, 6.07) is 5.84. The maximum Gasteiger partial charge on any atom is 0.142 e. The molecule has 1 aliphatic heterocycles. The Hall–Kier alpha value is -1.22. The lowest BCUT2D eigenvalue weighted by Gasteiger charge is -2.23. The normalized spacial score (nSPS) is 20.7. The van der Waals surface area contributed by atoms with Crippen LogP contribution in [0.4, 0.5) is 5.69 Å². The summed E-state index contributed by atoms with van der Waals surface area (Å²) in [5.41, 5.74) is 7.70. The number of nitrogens with two attached hydrogens (primary N) is 1. The van der Waals surface area contributed by atoms with Gasteiger partial charge >= 0.3 is 0 Å². The predicted molar refractivity (Wildman–Crippen MR) is 64.7 cm³/mol. The van der Waals surface area contributed by atoms with Crippen molar-refractivity contribution in [1.29, 1.82) is 0 Å². The van der Waals surface area contributed by atoms with E-state index in [1.165, 1.54) is 12.8 Å². The fraction of sp³-hybridized carbons (Fsp3) is 0.538. The molecule has 1 saturated heterocycles. The molecule has 0 aromatic heterocycles. The minimum atomic E-state index is 0.230. The number of hydrogen-bond acceptors (Lipinski definition) is 3. The van der Waals surface area contributed by atoms with E-state index >= 15 is 0 Å². The van der Waals surface area contributed by atoms with Crippen molar-refractivity contribution in [2.24, 2.45) is 0 Å². The summed E-state index contributed by atoms with van der Waals surface area (Å²) >= 11 is 0. The van der Waals surface area contributed by atoms with Crippen molar-refractivity contribution in [3.63, 3.8) is 0 Å². The quantitative estimate of drug-likeness (QED) is 0.798. The zero-order valence-electron chi connectivity index (χ0n) is 9.74. The lowest BCUT2D eigenvalue weighted by Crippen LogP contribution is -2.25. The van der Waals surface area contributed by atoms with Crippen LogP contribution in [0.5, 0.6) is 5.75 Å². The molecule has 2 N–H and O–H groups in total. The maximum atomic E-state index is 5.84. The lowest BCUT2D eigenvalue weighted by molar-refractivity contribution is -0.0109. The van der Waals surface area contributed by atoms with Crippen LogP contribution in [0.15, 0.2) is 18.2 Å². The molecule has 0 aliphatic carbocycles. The van der Waals surface area contributed by atoms with Crippen molar-refractivity contribution in [2.45, 2.75) is 32.3 Å². The predicted octanol–water partition coefficient (Wildman–Crippen LogP) is 2.53. The molecule has 0 amide bonds. The van der Waals surface area contributed by atoms with Gasteiger partial charge in [0.15, 0.2) is 0 Å². The van der Waals surface area contributed by atoms with Gasteiger partial charge in [-0.25, -0.2) is 0 Å². The van der Waals surface area contributed by atoms with Gasteiger partial charge < -0.3 is 15.2 Å². The van der Waals surface area contributed by atoms with Gasteiger partial charge in [-0.05, 0) is 43.9 Å². The molecule has 0 bridgehead atoms. The number of rotatable bonds is 3. The minimum Gasteiger partial charge on any atom is -0.489 e. The smallest absolute Gasteiger partial charge is 0.142 e. The van der Waals surface area contributed by atoms with Crippen LogP contribution in [-0.4, -0.2) is 19.3 Å². The van der Waals surface area contributed by atoms with Crippen LogP contribution in [0.25, 0.3) is 0 Å². The van der Waals surface area contributed by atoms with Crippen molar-refractivity contribution in [2.75, 3.05) is 18.9 Å². The summed E-state index contributed by atoms with van der Waals surface area (Å²) in [7, 11) is 0. The van der Waals surface area contributed by atoms with E-state index in [1.807, 2.05) is 25.1 Å². The second-order valence-corrected chi connectivity index (χ2v) is 4.34. The highest BCUT2D eigenvalue weighted by molar-refractivity contribution is 5.53. The van der Waals surface area contributed by atoms with Crippen LogP contribution >= 0.6 is 0 Å². The molecule has 88 valence electrons. The Morgan fingerprint density at radius 2 is 2.31 bits per heavy atom. The Morgan fingerprint density at radius 1 is 1.44 bits per heavy atom. The minimum absolute atomic E-state index is 0.230. The SMILES string of the molecule is Cc1ccc(N)c(OC[C@@H]2CCCCO2)c1. The molecule has 1 atom stereocenters. The highest BCUT2D eigenvalue weighted by atomic mass is 16.5. The van der Waals surface area contributed by atoms with E-state index < -0.39 is 0 Å². The van der Waals surface area contributed by atoms with Crippen LogP contribution in [0.3, 0.4) is 0 Å². The standard InChI is InChI=1S/C13H19NO2/c1-10-5-6-12(14)13(8-10)16-9-11-4-2-3-7-15-11/h5-6,8,11H,2-4,7,9,14H2,1H3/t11-/m0/s1. The van der Waals surface area contributed by atoms with Crippen LogP contribution < -0.4 is 10.5 Å². The molecule has 1 aromatic carbocycles. The summed E-state index contributed by atoms with van der Waals surface area (Å²) in [6.45, 7) is 3.49. The van der Waals surface area contributed by atoms with E-state index in [0.29, 0.717) is 12.3 Å². The third-order valence-corrected chi connectivity index (χ3v) is 2.87. The number of anilines is 1. The summed E-state index contributed by atoms with van der Waals surface area (Å²) in [5, 5.41) is 0. The average molecular weight is 221 g/mol. The Kier molecular flexibility index (Phi) is 3.67. The second-order valence-electron chi connectivity index (χ2n) is 4.34. The highest BCUT2D eigenvalue weighted by Crippen LogP contribution is 2.23. The monoisotopic (exact) mass is 221 g/mol. The Balaban J connectivity index is 1.90. The number of benzene rings is 1. The molecule has 1 aliphatic rings. The third-order valence-electron chi connectivity index (χ3n) is 2.87. The van der Waals surface area contributed by atoms with E-state index in [2.05, 4.69) is 0 Å². The summed E-state index contributed by atoms with van der Waals surface area (Å²) in [5.74, 6) is 0.772. The molecule has 3 heteroatoms. The van der Waals surface area contributed by atoms with Gasteiger partial charge in [0.25, 0.3) is 0 Å². The largest absolute Gasteiger partial charge is 0.489 e. The molecule has 3 nitrogen and oxygen atoms in total. The van der Waals surface area contributed by atoms with Crippen molar-refractivity contribution in [3.8, 4) is 5.75 Å². The Morgan fingerprint density at radius 3 is 3.06 bits per heavy atom. The molecule has 2 rings (SSSR count). The van der Waals surface area contributed by atoms with E-state index in [0.717, 1.165) is 24.3 Å². The molecule has 0 radical (unpaired) electrons. The van der Waals surface area contributed by atoms with Gasteiger partial charge in [0, 0.05) is 6.61 Å².